The number of rotatable bonds is 2. The highest BCUT2D eigenvalue weighted by molar-refractivity contribution is 6.11. The Morgan fingerprint density at radius 1 is 0.423 bits per heavy atom. The van der Waals surface area contributed by atoms with Gasteiger partial charge in [0.05, 0.1) is 0 Å². The zero-order valence-electron chi connectivity index (χ0n) is 14.4. The highest BCUT2D eigenvalue weighted by atomic mass is 14.1. The smallest absolute Gasteiger partial charge is 0.00326 e. The minimum atomic E-state index is 1.25. The lowest BCUT2D eigenvalue weighted by Crippen LogP contribution is -2.10. The quantitative estimate of drug-likeness (QED) is 0.375. The van der Waals surface area contributed by atoms with Gasteiger partial charge in [-0.25, -0.2) is 0 Å². The van der Waals surface area contributed by atoms with Crippen LogP contribution in [0.25, 0.3) is 27.1 Å². The van der Waals surface area contributed by atoms with Crippen LogP contribution in [0.3, 0.4) is 0 Å². The highest BCUT2D eigenvalue weighted by Crippen LogP contribution is 2.27. The molecule has 0 aliphatic carbocycles. The third-order valence-corrected chi connectivity index (χ3v) is 5.05. The van der Waals surface area contributed by atoms with Gasteiger partial charge in [-0.15, -0.1) is 0 Å². The molecule has 26 heavy (non-hydrogen) atoms. The van der Waals surface area contributed by atoms with Gasteiger partial charge in [-0.05, 0) is 43.5 Å². The van der Waals surface area contributed by atoms with Gasteiger partial charge in [-0.1, -0.05) is 109 Å². The summed E-state index contributed by atoms with van der Waals surface area (Å²) in [7, 11) is 0. The van der Waals surface area contributed by atoms with Gasteiger partial charge in [0.15, 0.2) is 0 Å². The molecule has 122 valence electrons. The van der Waals surface area contributed by atoms with Crippen LogP contribution < -0.4 is 5.22 Å². The first-order valence-electron chi connectivity index (χ1n) is 8.97. The summed E-state index contributed by atoms with van der Waals surface area (Å²) >= 11 is 0. The van der Waals surface area contributed by atoms with Crippen LogP contribution in [0.4, 0.5) is 0 Å². The van der Waals surface area contributed by atoms with Crippen molar-refractivity contribution in [3.8, 4) is 0 Å². The van der Waals surface area contributed by atoms with Gasteiger partial charge >= 0.3 is 0 Å². The predicted molar refractivity (Wildman–Crippen MR) is 111 cm³/mol. The second kappa shape index (κ2) is 6.16. The largest absolute Gasteiger partial charge is 0.0622 e. The molecular weight excluding hydrogens is 312 g/mol. The summed E-state index contributed by atoms with van der Waals surface area (Å²) in [5.74, 6) is 0. The van der Waals surface area contributed by atoms with Crippen LogP contribution in [-0.4, -0.2) is 0 Å². The molecule has 0 N–H and O–H groups in total. The van der Waals surface area contributed by atoms with Crippen LogP contribution in [-0.2, 0) is 0 Å². The monoisotopic (exact) mass is 330 g/mol. The zero-order valence-corrected chi connectivity index (χ0v) is 14.4. The van der Waals surface area contributed by atoms with Crippen molar-refractivity contribution in [1.29, 1.82) is 0 Å². The molecule has 0 saturated heterocycles. The van der Waals surface area contributed by atoms with Crippen molar-refractivity contribution >= 4 is 27.1 Å². The Balaban J connectivity index is 2.01. The van der Waals surface area contributed by atoms with Gasteiger partial charge in [-0.2, -0.15) is 0 Å². The molecular formula is C26H18. The lowest BCUT2D eigenvalue weighted by molar-refractivity contribution is 1.51. The molecule has 0 spiro atoms. The molecule has 0 unspecified atom stereocenters. The van der Waals surface area contributed by atoms with Gasteiger partial charge in [0, 0.05) is 0 Å². The van der Waals surface area contributed by atoms with Crippen molar-refractivity contribution in [2.45, 2.75) is 0 Å². The fraction of sp³-hybridized carbons (Fsp3) is 0. The summed E-state index contributed by atoms with van der Waals surface area (Å²) in [4.78, 5) is 0. The minimum absolute atomic E-state index is 1.25. The van der Waals surface area contributed by atoms with Crippen molar-refractivity contribution in [2.75, 3.05) is 0 Å². The molecule has 0 nitrogen and oxygen atoms in total. The SMILES string of the molecule is c1ccc(C(c2ccccc2)=c2ccc3cccc4cccc2c43)cc1. The van der Waals surface area contributed by atoms with E-state index in [1.54, 1.807) is 0 Å². The van der Waals surface area contributed by atoms with E-state index in [1.807, 2.05) is 0 Å². The Morgan fingerprint density at radius 2 is 0.962 bits per heavy atom. The van der Waals surface area contributed by atoms with Crippen molar-refractivity contribution < 1.29 is 0 Å². The molecule has 0 amide bonds. The second-order valence-electron chi connectivity index (χ2n) is 6.60. The summed E-state index contributed by atoms with van der Waals surface area (Å²) in [6, 6.07) is 39.0. The van der Waals surface area contributed by atoms with E-state index >= 15 is 0 Å². The van der Waals surface area contributed by atoms with E-state index < -0.39 is 0 Å². The highest BCUT2D eigenvalue weighted by Gasteiger charge is 2.09. The van der Waals surface area contributed by atoms with E-state index in [-0.39, 0.29) is 0 Å². The predicted octanol–water partition coefficient (Wildman–Crippen LogP) is 5.96. The van der Waals surface area contributed by atoms with E-state index in [9.17, 15) is 0 Å². The summed E-state index contributed by atoms with van der Waals surface area (Å²) in [6.07, 6.45) is 0. The zero-order chi connectivity index (χ0) is 17.3. The number of benzene rings is 5. The van der Waals surface area contributed by atoms with Gasteiger partial charge in [-0.3, -0.25) is 0 Å². The van der Waals surface area contributed by atoms with Crippen LogP contribution in [0.1, 0.15) is 11.1 Å². The van der Waals surface area contributed by atoms with Gasteiger partial charge in [0.2, 0.25) is 0 Å². The molecule has 0 aliphatic heterocycles. The van der Waals surface area contributed by atoms with E-state index in [1.165, 1.54) is 43.5 Å². The first kappa shape index (κ1) is 14.9. The van der Waals surface area contributed by atoms with Crippen LogP contribution in [0.15, 0.2) is 109 Å². The molecule has 0 fully saturated rings. The molecule has 5 rings (SSSR count). The first-order chi connectivity index (χ1) is 12.9. The average molecular weight is 330 g/mol. The van der Waals surface area contributed by atoms with Crippen molar-refractivity contribution in [3.05, 3.63) is 126 Å². The minimum Gasteiger partial charge on any atom is -0.0622 e. The lowest BCUT2D eigenvalue weighted by atomic mass is 9.91. The molecule has 0 saturated carbocycles. The van der Waals surface area contributed by atoms with Gasteiger partial charge in [0.1, 0.15) is 0 Å². The second-order valence-corrected chi connectivity index (χ2v) is 6.60. The van der Waals surface area contributed by atoms with Crippen LogP contribution in [0, 0.1) is 0 Å². The summed E-state index contributed by atoms with van der Waals surface area (Å²) in [6.45, 7) is 0. The van der Waals surface area contributed by atoms with E-state index in [4.69, 9.17) is 0 Å². The van der Waals surface area contributed by atoms with Crippen molar-refractivity contribution in [3.63, 3.8) is 0 Å². The third-order valence-electron chi connectivity index (χ3n) is 5.05. The number of hydrogen-bond acceptors (Lipinski definition) is 0. The molecule has 0 heteroatoms. The Morgan fingerprint density at radius 3 is 1.58 bits per heavy atom. The Bertz CT molecular complexity index is 1180. The Hall–Kier alpha value is -3.38. The van der Waals surface area contributed by atoms with E-state index in [0.717, 1.165) is 0 Å². The maximum Gasteiger partial charge on any atom is -0.00326 e. The molecule has 5 aromatic carbocycles. The maximum atomic E-state index is 2.27. The van der Waals surface area contributed by atoms with Gasteiger partial charge < -0.3 is 0 Å². The van der Waals surface area contributed by atoms with Crippen LogP contribution in [0.2, 0.25) is 0 Å². The maximum absolute atomic E-state index is 2.27. The summed E-state index contributed by atoms with van der Waals surface area (Å²) in [5.41, 5.74) is 3.77. The van der Waals surface area contributed by atoms with Crippen molar-refractivity contribution in [2.24, 2.45) is 0 Å². The fourth-order valence-corrected chi connectivity index (χ4v) is 3.90. The summed E-state index contributed by atoms with van der Waals surface area (Å²) in [5, 5.41) is 6.52. The van der Waals surface area contributed by atoms with Crippen molar-refractivity contribution in [1.82, 2.24) is 0 Å². The molecule has 0 aliphatic rings. The lowest BCUT2D eigenvalue weighted by Gasteiger charge is -2.12. The van der Waals surface area contributed by atoms with Crippen LogP contribution in [0.5, 0.6) is 0 Å². The standard InChI is InChI=1S/C26H18/c1-3-9-19(10-4-1)25(20-11-5-2-6-12-20)24-18-17-22-14-7-13-21-15-8-16-23(24)26(21)22/h1-18H. The molecule has 0 radical (unpaired) electrons. The topological polar surface area (TPSA) is 0 Å². The Kier molecular flexibility index (Phi) is 3.54. The average Bonchev–Trinajstić information content (AvgIpc) is 2.72. The molecule has 0 bridgehead atoms. The molecule has 5 aromatic rings. The van der Waals surface area contributed by atoms with Gasteiger partial charge in [0.25, 0.3) is 0 Å². The normalized spacial score (nSPS) is 11.1. The third kappa shape index (κ3) is 2.39. The molecule has 0 atom stereocenters. The van der Waals surface area contributed by atoms with E-state index in [2.05, 4.69) is 109 Å². The first-order valence-corrected chi connectivity index (χ1v) is 8.97. The Labute approximate surface area is 153 Å². The fourth-order valence-electron chi connectivity index (χ4n) is 3.90. The summed E-state index contributed by atoms with van der Waals surface area (Å²) < 4.78 is 0. The molecule has 0 heterocycles. The molecule has 0 aromatic heterocycles. The van der Waals surface area contributed by atoms with E-state index in [0.29, 0.717) is 0 Å². The van der Waals surface area contributed by atoms with Crippen LogP contribution >= 0.6 is 0 Å². The number of hydrogen-bond donors (Lipinski definition) is 0.